The summed E-state index contributed by atoms with van der Waals surface area (Å²) in [5.41, 5.74) is 2.30. The van der Waals surface area contributed by atoms with Gasteiger partial charge in [0.15, 0.2) is 0 Å². The number of hydrogen-bond donors (Lipinski definition) is 0. The van der Waals surface area contributed by atoms with Gasteiger partial charge in [-0.15, -0.1) is 0 Å². The zero-order chi connectivity index (χ0) is 12.5. The molecule has 0 amide bonds. The third kappa shape index (κ3) is 1.70. The molecule has 0 aliphatic carbocycles. The first-order chi connectivity index (χ1) is 8.79. The second-order valence-corrected chi connectivity index (χ2v) is 4.54. The van der Waals surface area contributed by atoms with E-state index in [1.807, 2.05) is 6.92 Å². The molecule has 0 spiro atoms. The minimum absolute atomic E-state index is 1.08. The standard InChI is InChI=1S/C18H15/c1-3-13(2)17-10-6-9-16-11-14-7-4-5-8-15(14)12-18(16)17/h3-12H,2H2,1H3. The van der Waals surface area contributed by atoms with Crippen LogP contribution in [-0.4, -0.2) is 0 Å². The molecule has 3 rings (SSSR count). The zero-order valence-electron chi connectivity index (χ0n) is 10.5. The molecular weight excluding hydrogens is 216 g/mol. The third-order valence-electron chi connectivity index (χ3n) is 3.44. The van der Waals surface area contributed by atoms with Crippen LogP contribution in [0.5, 0.6) is 0 Å². The molecule has 3 aromatic rings. The van der Waals surface area contributed by atoms with Crippen molar-refractivity contribution < 1.29 is 0 Å². The van der Waals surface area contributed by atoms with Gasteiger partial charge >= 0.3 is 0 Å². The molecule has 0 nitrogen and oxygen atoms in total. The van der Waals surface area contributed by atoms with E-state index in [0.29, 0.717) is 0 Å². The topological polar surface area (TPSA) is 0 Å². The van der Waals surface area contributed by atoms with Gasteiger partial charge in [-0.05, 0) is 58.7 Å². The van der Waals surface area contributed by atoms with E-state index < -0.39 is 0 Å². The van der Waals surface area contributed by atoms with Gasteiger partial charge in [-0.1, -0.05) is 48.5 Å². The van der Waals surface area contributed by atoms with E-state index in [9.17, 15) is 0 Å². The number of benzene rings is 3. The van der Waals surface area contributed by atoms with Crippen LogP contribution >= 0.6 is 0 Å². The first kappa shape index (κ1) is 11.0. The van der Waals surface area contributed by atoms with Crippen molar-refractivity contribution in [3.8, 4) is 0 Å². The quantitative estimate of drug-likeness (QED) is 0.503. The molecule has 0 heteroatoms. The molecular formula is C18H15. The second kappa shape index (κ2) is 4.30. The fraction of sp³-hybridized carbons (Fsp3) is 0.0556. The maximum absolute atomic E-state index is 4.12. The molecule has 0 unspecified atom stereocenters. The van der Waals surface area contributed by atoms with Gasteiger partial charge in [-0.2, -0.15) is 0 Å². The summed E-state index contributed by atoms with van der Waals surface area (Å²) in [6, 6.07) is 19.4. The van der Waals surface area contributed by atoms with Crippen molar-refractivity contribution in [2.75, 3.05) is 0 Å². The molecule has 0 aliphatic heterocycles. The van der Waals surface area contributed by atoms with Crippen LogP contribution in [0.3, 0.4) is 0 Å². The Bertz CT molecular complexity index is 748. The fourth-order valence-corrected chi connectivity index (χ4v) is 2.40. The smallest absolute Gasteiger partial charge is 0.0102 e. The number of fused-ring (bicyclic) bond motifs is 2. The highest BCUT2D eigenvalue weighted by atomic mass is 14.1. The summed E-state index contributed by atoms with van der Waals surface area (Å²) in [4.78, 5) is 0. The predicted molar refractivity (Wildman–Crippen MR) is 80.5 cm³/mol. The monoisotopic (exact) mass is 231 g/mol. The van der Waals surface area contributed by atoms with Crippen LogP contribution in [-0.2, 0) is 0 Å². The Labute approximate surface area is 108 Å². The van der Waals surface area contributed by atoms with Gasteiger partial charge in [-0.3, -0.25) is 0 Å². The molecule has 87 valence electrons. The van der Waals surface area contributed by atoms with Crippen molar-refractivity contribution in [2.45, 2.75) is 6.92 Å². The highest BCUT2D eigenvalue weighted by Gasteiger charge is 2.03. The molecule has 0 bridgehead atoms. The van der Waals surface area contributed by atoms with E-state index in [0.717, 1.165) is 5.57 Å². The third-order valence-corrected chi connectivity index (χ3v) is 3.44. The van der Waals surface area contributed by atoms with Crippen LogP contribution in [0.25, 0.3) is 27.1 Å². The van der Waals surface area contributed by atoms with E-state index in [1.165, 1.54) is 27.1 Å². The molecule has 0 aromatic heterocycles. The van der Waals surface area contributed by atoms with Gasteiger partial charge < -0.3 is 0 Å². The highest BCUT2D eigenvalue weighted by Crippen LogP contribution is 2.28. The lowest BCUT2D eigenvalue weighted by atomic mass is 9.96. The van der Waals surface area contributed by atoms with Crippen LogP contribution in [0.15, 0.2) is 60.7 Å². The van der Waals surface area contributed by atoms with Crippen molar-refractivity contribution in [3.05, 3.63) is 73.2 Å². The first-order valence-electron chi connectivity index (χ1n) is 6.20. The van der Waals surface area contributed by atoms with Crippen LogP contribution in [0.4, 0.5) is 0 Å². The first-order valence-corrected chi connectivity index (χ1v) is 6.20. The fourth-order valence-electron chi connectivity index (χ4n) is 2.40. The Kier molecular flexibility index (Phi) is 2.64. The average molecular weight is 231 g/mol. The molecule has 0 atom stereocenters. The van der Waals surface area contributed by atoms with Gasteiger partial charge in [0.25, 0.3) is 0 Å². The normalized spacial score (nSPS) is 12.2. The van der Waals surface area contributed by atoms with Crippen molar-refractivity contribution in [1.29, 1.82) is 0 Å². The Morgan fingerprint density at radius 2 is 1.56 bits per heavy atom. The van der Waals surface area contributed by atoms with Crippen LogP contribution < -0.4 is 0 Å². The van der Waals surface area contributed by atoms with Gasteiger partial charge in [0, 0.05) is 0 Å². The minimum atomic E-state index is 1.08. The van der Waals surface area contributed by atoms with E-state index in [4.69, 9.17) is 0 Å². The number of allylic oxidation sites excluding steroid dienone is 2. The van der Waals surface area contributed by atoms with Crippen molar-refractivity contribution in [2.24, 2.45) is 0 Å². The van der Waals surface area contributed by atoms with E-state index in [2.05, 4.69) is 67.6 Å². The summed E-state index contributed by atoms with van der Waals surface area (Å²) >= 11 is 0. The van der Waals surface area contributed by atoms with Crippen LogP contribution in [0.2, 0.25) is 0 Å². The second-order valence-electron chi connectivity index (χ2n) is 4.54. The molecule has 0 fully saturated rings. The van der Waals surface area contributed by atoms with Crippen molar-refractivity contribution in [1.82, 2.24) is 0 Å². The summed E-state index contributed by atoms with van der Waals surface area (Å²) in [7, 11) is 0. The molecule has 18 heavy (non-hydrogen) atoms. The van der Waals surface area contributed by atoms with Crippen molar-refractivity contribution in [3.63, 3.8) is 0 Å². The lowest BCUT2D eigenvalue weighted by Crippen LogP contribution is -1.84. The summed E-state index contributed by atoms with van der Waals surface area (Å²) in [6.07, 6.45) is 2.06. The summed E-state index contributed by atoms with van der Waals surface area (Å²) in [5.74, 6) is 0. The Morgan fingerprint density at radius 3 is 2.28 bits per heavy atom. The Balaban J connectivity index is 2.43. The lowest BCUT2D eigenvalue weighted by molar-refractivity contribution is 1.66. The molecule has 1 radical (unpaired) electrons. The van der Waals surface area contributed by atoms with Gasteiger partial charge in [0.2, 0.25) is 0 Å². The van der Waals surface area contributed by atoms with E-state index >= 15 is 0 Å². The summed E-state index contributed by atoms with van der Waals surface area (Å²) in [5, 5.41) is 5.11. The maximum atomic E-state index is 4.12. The molecule has 0 aliphatic rings. The van der Waals surface area contributed by atoms with E-state index in [-0.39, 0.29) is 0 Å². The summed E-state index contributed by atoms with van der Waals surface area (Å²) < 4.78 is 0. The van der Waals surface area contributed by atoms with Gasteiger partial charge in [0.05, 0.1) is 0 Å². The Hall–Kier alpha value is -2.08. The SMILES string of the molecule is [CH2]C(=CC)c1cccc2cc3ccccc3cc12. The largest absolute Gasteiger partial charge is 0.0838 e. The van der Waals surface area contributed by atoms with Gasteiger partial charge in [-0.25, -0.2) is 0 Å². The molecule has 3 aromatic carbocycles. The highest BCUT2D eigenvalue weighted by molar-refractivity contribution is 6.03. The molecule has 0 saturated carbocycles. The molecule has 0 saturated heterocycles. The molecule has 0 N–H and O–H groups in total. The maximum Gasteiger partial charge on any atom is -0.0102 e. The predicted octanol–water partition coefficient (Wildman–Crippen LogP) is 5.23. The average Bonchev–Trinajstić information content (AvgIpc) is 2.43. The van der Waals surface area contributed by atoms with Crippen molar-refractivity contribution >= 4 is 27.1 Å². The minimum Gasteiger partial charge on any atom is -0.0838 e. The number of hydrogen-bond acceptors (Lipinski definition) is 0. The van der Waals surface area contributed by atoms with E-state index in [1.54, 1.807) is 0 Å². The summed E-state index contributed by atoms with van der Waals surface area (Å²) in [6.45, 7) is 6.15. The van der Waals surface area contributed by atoms with Gasteiger partial charge in [0.1, 0.15) is 0 Å². The number of rotatable bonds is 1. The molecule has 0 heterocycles. The van der Waals surface area contributed by atoms with Crippen LogP contribution in [0.1, 0.15) is 12.5 Å². The lowest BCUT2D eigenvalue weighted by Gasteiger charge is -2.08. The van der Waals surface area contributed by atoms with Crippen LogP contribution in [0, 0.1) is 6.92 Å². The Morgan fingerprint density at radius 1 is 0.889 bits per heavy atom. The zero-order valence-corrected chi connectivity index (χ0v) is 10.5.